The summed E-state index contributed by atoms with van der Waals surface area (Å²) in [5.41, 5.74) is 12.4. The number of nitrogens with one attached hydrogen (secondary N) is 1. The molecule has 0 aliphatic rings. The molecule has 0 amide bonds. The van der Waals surface area contributed by atoms with Gasteiger partial charge in [0.05, 0.1) is 22.4 Å². The van der Waals surface area contributed by atoms with Crippen LogP contribution in [0.1, 0.15) is 16.7 Å². The minimum Gasteiger partial charge on any atom is -0.366 e. The van der Waals surface area contributed by atoms with Crippen molar-refractivity contribution >= 4 is 28.5 Å². The average molecular weight is 472 g/mol. The molecule has 34 heavy (non-hydrogen) atoms. The molecule has 3 N–H and O–H groups in total. The molecule has 0 saturated carbocycles. The largest absolute Gasteiger partial charge is 0.366 e. The molecule has 3 aromatic carbocycles. The SMILES string of the molecule is NCc1ccc(CNc2cc(-c3ccc4ncn(Cc5cccc(F)c5)c4c3)c(Cl)cn2)cc1. The van der Waals surface area contributed by atoms with Crippen molar-refractivity contribution in [3.8, 4) is 11.1 Å². The van der Waals surface area contributed by atoms with Crippen molar-refractivity contribution in [2.75, 3.05) is 5.32 Å². The summed E-state index contributed by atoms with van der Waals surface area (Å²) in [5, 5.41) is 3.93. The van der Waals surface area contributed by atoms with Gasteiger partial charge in [-0.25, -0.2) is 14.4 Å². The van der Waals surface area contributed by atoms with Crippen molar-refractivity contribution in [3.63, 3.8) is 0 Å². The smallest absolute Gasteiger partial charge is 0.126 e. The molecule has 0 saturated heterocycles. The minimum atomic E-state index is -0.249. The van der Waals surface area contributed by atoms with E-state index in [4.69, 9.17) is 17.3 Å². The maximum absolute atomic E-state index is 13.6. The highest BCUT2D eigenvalue weighted by Crippen LogP contribution is 2.31. The van der Waals surface area contributed by atoms with Crippen molar-refractivity contribution in [3.05, 3.63) is 113 Å². The molecule has 7 heteroatoms. The first-order valence-electron chi connectivity index (χ1n) is 11.0. The van der Waals surface area contributed by atoms with Gasteiger partial charge in [0, 0.05) is 31.4 Å². The second-order valence-electron chi connectivity index (χ2n) is 8.13. The first kappa shape index (κ1) is 22.1. The third-order valence-electron chi connectivity index (χ3n) is 5.76. The number of hydrogen-bond acceptors (Lipinski definition) is 4. The van der Waals surface area contributed by atoms with Crippen LogP contribution in [0.5, 0.6) is 0 Å². The molecular formula is C27H23ClFN5. The highest BCUT2D eigenvalue weighted by molar-refractivity contribution is 6.33. The molecule has 5 nitrogen and oxygen atoms in total. The number of hydrogen-bond donors (Lipinski definition) is 2. The summed E-state index contributed by atoms with van der Waals surface area (Å²) in [6, 6.07) is 22.7. The molecule has 5 aromatic rings. The van der Waals surface area contributed by atoms with Crippen LogP contribution in [0.15, 0.2) is 85.3 Å². The van der Waals surface area contributed by atoms with Crippen LogP contribution in [0, 0.1) is 5.82 Å². The lowest BCUT2D eigenvalue weighted by molar-refractivity contribution is 0.624. The van der Waals surface area contributed by atoms with E-state index in [1.54, 1.807) is 18.6 Å². The van der Waals surface area contributed by atoms with E-state index < -0.39 is 0 Å². The topological polar surface area (TPSA) is 68.8 Å². The van der Waals surface area contributed by atoms with Crippen LogP contribution in [-0.2, 0) is 19.6 Å². The lowest BCUT2D eigenvalue weighted by Gasteiger charge is -2.11. The van der Waals surface area contributed by atoms with Crippen molar-refractivity contribution in [2.24, 2.45) is 5.73 Å². The third-order valence-corrected chi connectivity index (χ3v) is 6.06. The Bertz CT molecular complexity index is 1450. The summed E-state index contributed by atoms with van der Waals surface area (Å²) in [7, 11) is 0. The van der Waals surface area contributed by atoms with E-state index in [2.05, 4.69) is 33.5 Å². The zero-order chi connectivity index (χ0) is 23.5. The highest BCUT2D eigenvalue weighted by Gasteiger charge is 2.10. The van der Waals surface area contributed by atoms with Crippen molar-refractivity contribution in [1.29, 1.82) is 0 Å². The monoisotopic (exact) mass is 471 g/mol. The molecule has 0 aliphatic carbocycles. The van der Waals surface area contributed by atoms with Crippen LogP contribution in [0.2, 0.25) is 5.02 Å². The van der Waals surface area contributed by atoms with Gasteiger partial charge in [-0.2, -0.15) is 0 Å². The molecule has 0 spiro atoms. The maximum atomic E-state index is 13.6. The van der Waals surface area contributed by atoms with E-state index in [9.17, 15) is 4.39 Å². The highest BCUT2D eigenvalue weighted by atomic mass is 35.5. The van der Waals surface area contributed by atoms with Gasteiger partial charge in [-0.05, 0) is 52.6 Å². The Balaban J connectivity index is 1.41. The molecule has 5 rings (SSSR count). The molecule has 0 atom stereocenters. The number of imidazole rings is 1. The lowest BCUT2D eigenvalue weighted by Crippen LogP contribution is -2.02. The minimum absolute atomic E-state index is 0.249. The quantitative estimate of drug-likeness (QED) is 0.305. The predicted octanol–water partition coefficient (Wildman–Crippen LogP) is 6.01. The molecule has 170 valence electrons. The van der Waals surface area contributed by atoms with Gasteiger partial charge in [0.2, 0.25) is 0 Å². The van der Waals surface area contributed by atoms with Crippen LogP contribution in [0.3, 0.4) is 0 Å². The Morgan fingerprint density at radius 3 is 2.53 bits per heavy atom. The molecule has 0 radical (unpaired) electrons. The summed E-state index contributed by atoms with van der Waals surface area (Å²) in [6.07, 6.45) is 3.43. The number of rotatable bonds is 7. The second kappa shape index (κ2) is 9.63. The van der Waals surface area contributed by atoms with E-state index in [0.29, 0.717) is 24.7 Å². The summed E-state index contributed by atoms with van der Waals surface area (Å²) >= 11 is 6.53. The molecule has 2 heterocycles. The van der Waals surface area contributed by atoms with Gasteiger partial charge in [0.1, 0.15) is 11.6 Å². The van der Waals surface area contributed by atoms with Crippen LogP contribution < -0.4 is 11.1 Å². The number of pyridine rings is 1. The Morgan fingerprint density at radius 1 is 0.912 bits per heavy atom. The van der Waals surface area contributed by atoms with Crippen LogP contribution >= 0.6 is 11.6 Å². The molecule has 0 unspecified atom stereocenters. The van der Waals surface area contributed by atoms with Crippen molar-refractivity contribution < 1.29 is 4.39 Å². The summed E-state index contributed by atoms with van der Waals surface area (Å²) in [6.45, 7) is 1.69. The molecule has 0 fully saturated rings. The van der Waals surface area contributed by atoms with Crippen LogP contribution in [0.4, 0.5) is 10.2 Å². The van der Waals surface area contributed by atoms with E-state index in [1.807, 2.05) is 41.0 Å². The van der Waals surface area contributed by atoms with Gasteiger partial charge in [-0.1, -0.05) is 54.1 Å². The fourth-order valence-corrected chi connectivity index (χ4v) is 4.14. The third kappa shape index (κ3) is 4.78. The van der Waals surface area contributed by atoms with Crippen molar-refractivity contribution in [1.82, 2.24) is 14.5 Å². The van der Waals surface area contributed by atoms with Gasteiger partial charge in [0.15, 0.2) is 0 Å². The molecule has 2 aromatic heterocycles. The van der Waals surface area contributed by atoms with Gasteiger partial charge < -0.3 is 15.6 Å². The predicted molar refractivity (Wildman–Crippen MR) is 135 cm³/mol. The first-order valence-corrected chi connectivity index (χ1v) is 11.3. The fourth-order valence-electron chi connectivity index (χ4n) is 3.92. The number of benzene rings is 3. The second-order valence-corrected chi connectivity index (χ2v) is 8.54. The number of nitrogens with two attached hydrogens (primary N) is 1. The van der Waals surface area contributed by atoms with E-state index in [0.717, 1.165) is 44.7 Å². The van der Waals surface area contributed by atoms with E-state index in [1.165, 1.54) is 12.1 Å². The number of nitrogens with zero attached hydrogens (tertiary/aromatic N) is 3. The average Bonchev–Trinajstić information content (AvgIpc) is 3.25. The first-order chi connectivity index (χ1) is 16.6. The number of halogens is 2. The van der Waals surface area contributed by atoms with Gasteiger partial charge in [0.25, 0.3) is 0 Å². The Kier molecular flexibility index (Phi) is 6.25. The van der Waals surface area contributed by atoms with Crippen LogP contribution in [-0.4, -0.2) is 14.5 Å². The van der Waals surface area contributed by atoms with Gasteiger partial charge in [-0.15, -0.1) is 0 Å². The van der Waals surface area contributed by atoms with E-state index in [-0.39, 0.29) is 5.82 Å². The Morgan fingerprint density at radius 2 is 1.74 bits per heavy atom. The molecule has 0 aliphatic heterocycles. The molecule has 0 bridgehead atoms. The molecular weight excluding hydrogens is 449 g/mol. The zero-order valence-corrected chi connectivity index (χ0v) is 19.1. The maximum Gasteiger partial charge on any atom is 0.126 e. The fraction of sp³-hybridized carbons (Fsp3) is 0.111. The van der Waals surface area contributed by atoms with E-state index >= 15 is 0 Å². The summed E-state index contributed by atoms with van der Waals surface area (Å²) in [5.74, 6) is 0.484. The summed E-state index contributed by atoms with van der Waals surface area (Å²) in [4.78, 5) is 8.92. The van der Waals surface area contributed by atoms with Gasteiger partial charge >= 0.3 is 0 Å². The Labute approximate surface area is 202 Å². The van der Waals surface area contributed by atoms with Gasteiger partial charge in [-0.3, -0.25) is 0 Å². The van der Waals surface area contributed by atoms with Crippen LogP contribution in [0.25, 0.3) is 22.2 Å². The van der Waals surface area contributed by atoms with Crippen molar-refractivity contribution in [2.45, 2.75) is 19.6 Å². The number of aromatic nitrogens is 3. The zero-order valence-electron chi connectivity index (χ0n) is 18.4. The number of anilines is 1. The number of fused-ring (bicyclic) bond motifs is 1. The Hall–Kier alpha value is -3.74. The normalized spacial score (nSPS) is 11.1. The lowest BCUT2D eigenvalue weighted by atomic mass is 10.1. The summed E-state index contributed by atoms with van der Waals surface area (Å²) < 4.78 is 15.6. The standard InChI is InChI=1S/C27H23ClFN5/c28-24-15-32-27(31-14-19-6-4-18(13-30)5-7-19)12-23(24)21-8-9-25-26(11-21)34(17-33-25)16-20-2-1-3-22(29)10-20/h1-12,15,17H,13-14,16,30H2,(H,31,32).